The van der Waals surface area contributed by atoms with Crippen molar-refractivity contribution in [2.45, 2.75) is 12.8 Å². The molecule has 0 spiro atoms. The van der Waals surface area contributed by atoms with Crippen molar-refractivity contribution in [3.8, 4) is 6.07 Å². The van der Waals surface area contributed by atoms with Gasteiger partial charge in [0.15, 0.2) is 0 Å². The monoisotopic (exact) mass is 183 g/mol. The zero-order valence-electron chi connectivity index (χ0n) is 4.89. The van der Waals surface area contributed by atoms with Crippen LogP contribution in [0.3, 0.4) is 0 Å². The molecule has 9 heavy (non-hydrogen) atoms. The smallest absolute Gasteiger partial charge is 0.1000 e. The Hall–Kier alpha value is -0.550. The maximum Gasteiger partial charge on any atom is 0.1000 e. The van der Waals surface area contributed by atoms with Crippen LogP contribution in [-0.2, 0) is 0 Å². The first-order valence-electron chi connectivity index (χ1n) is 2.81. The van der Waals surface area contributed by atoms with Gasteiger partial charge in [0.2, 0.25) is 0 Å². The number of rotatable bonds is 0. The first-order valence-corrected chi connectivity index (χ1v) is 3.60. The molecule has 0 atom stereocenters. The van der Waals surface area contributed by atoms with E-state index >= 15 is 0 Å². The van der Waals surface area contributed by atoms with E-state index in [4.69, 9.17) is 5.26 Å². The summed E-state index contributed by atoms with van der Waals surface area (Å²) < 4.78 is 0.941. The minimum Gasteiger partial charge on any atom is -0.192 e. The number of allylic oxidation sites excluding steroid dienone is 4. The summed E-state index contributed by atoms with van der Waals surface area (Å²) in [5.74, 6) is 0. The highest BCUT2D eigenvalue weighted by Crippen LogP contribution is 2.22. The Labute approximate surface area is 62.8 Å². The quantitative estimate of drug-likeness (QED) is 0.567. The Morgan fingerprint density at radius 3 is 2.56 bits per heavy atom. The van der Waals surface area contributed by atoms with Crippen LogP contribution < -0.4 is 0 Å². The van der Waals surface area contributed by atoms with E-state index in [0.29, 0.717) is 0 Å². The predicted molar refractivity (Wildman–Crippen MR) is 39.9 cm³/mol. The van der Waals surface area contributed by atoms with Crippen molar-refractivity contribution in [2.24, 2.45) is 0 Å². The standard InChI is InChI=1S/C7H6BrN/c8-7-4-2-1-3-6(7)5-9/h3-4H,1-2H2. The van der Waals surface area contributed by atoms with Gasteiger partial charge in [0.25, 0.3) is 0 Å². The van der Waals surface area contributed by atoms with Crippen LogP contribution in [0.2, 0.25) is 0 Å². The summed E-state index contributed by atoms with van der Waals surface area (Å²) in [5, 5.41) is 8.47. The van der Waals surface area contributed by atoms with Crippen LogP contribution in [0.15, 0.2) is 22.2 Å². The largest absolute Gasteiger partial charge is 0.192 e. The van der Waals surface area contributed by atoms with Crippen LogP contribution in [0.4, 0.5) is 0 Å². The highest BCUT2D eigenvalue weighted by atomic mass is 79.9. The molecule has 0 unspecified atom stereocenters. The molecule has 1 nitrogen and oxygen atoms in total. The molecule has 0 bridgehead atoms. The fourth-order valence-electron chi connectivity index (χ4n) is 0.744. The van der Waals surface area contributed by atoms with E-state index in [1.165, 1.54) is 0 Å². The third kappa shape index (κ3) is 1.43. The van der Waals surface area contributed by atoms with E-state index in [1.54, 1.807) is 0 Å². The molecule has 0 heterocycles. The van der Waals surface area contributed by atoms with Gasteiger partial charge in [-0.1, -0.05) is 12.2 Å². The zero-order valence-corrected chi connectivity index (χ0v) is 6.48. The number of halogens is 1. The van der Waals surface area contributed by atoms with Gasteiger partial charge in [-0.05, 0) is 28.8 Å². The van der Waals surface area contributed by atoms with Gasteiger partial charge in [0.05, 0.1) is 11.6 Å². The van der Waals surface area contributed by atoms with Crippen molar-refractivity contribution in [3.63, 3.8) is 0 Å². The van der Waals surface area contributed by atoms with Gasteiger partial charge in [-0.25, -0.2) is 0 Å². The molecule has 0 amide bonds. The molecule has 0 saturated heterocycles. The first-order chi connectivity index (χ1) is 4.34. The molecule has 0 aromatic rings. The second-order valence-corrected chi connectivity index (χ2v) is 2.71. The molecule has 0 aromatic carbocycles. The van der Waals surface area contributed by atoms with Crippen LogP contribution in [0.25, 0.3) is 0 Å². The van der Waals surface area contributed by atoms with Crippen LogP contribution in [0.1, 0.15) is 12.8 Å². The average Bonchev–Trinajstić information content (AvgIpc) is 1.89. The lowest BCUT2D eigenvalue weighted by atomic mass is 10.1. The number of nitrogens with zero attached hydrogens (tertiary/aromatic N) is 1. The Morgan fingerprint density at radius 1 is 1.44 bits per heavy atom. The molecule has 0 aliphatic heterocycles. The molecule has 0 fully saturated rings. The second-order valence-electron chi connectivity index (χ2n) is 1.86. The molecule has 2 heteroatoms. The van der Waals surface area contributed by atoms with Gasteiger partial charge < -0.3 is 0 Å². The molecule has 0 saturated carbocycles. The molecule has 1 aliphatic carbocycles. The van der Waals surface area contributed by atoms with Gasteiger partial charge in [-0.2, -0.15) is 5.26 Å². The van der Waals surface area contributed by atoms with Crippen molar-refractivity contribution < 1.29 is 0 Å². The Kier molecular flexibility index (Phi) is 2.07. The highest BCUT2D eigenvalue weighted by Gasteiger charge is 2.02. The molecule has 1 aliphatic rings. The minimum absolute atomic E-state index is 0.765. The van der Waals surface area contributed by atoms with Gasteiger partial charge >= 0.3 is 0 Å². The topological polar surface area (TPSA) is 23.8 Å². The van der Waals surface area contributed by atoms with Gasteiger partial charge in [-0.3, -0.25) is 0 Å². The zero-order chi connectivity index (χ0) is 6.69. The van der Waals surface area contributed by atoms with E-state index in [0.717, 1.165) is 22.9 Å². The first kappa shape index (κ1) is 6.57. The van der Waals surface area contributed by atoms with Crippen LogP contribution >= 0.6 is 15.9 Å². The van der Waals surface area contributed by atoms with Crippen molar-refractivity contribution >= 4 is 15.9 Å². The summed E-state index contributed by atoms with van der Waals surface area (Å²) >= 11 is 3.29. The maximum atomic E-state index is 8.47. The summed E-state index contributed by atoms with van der Waals surface area (Å²) in [6, 6.07) is 2.10. The fourth-order valence-corrected chi connectivity index (χ4v) is 1.22. The van der Waals surface area contributed by atoms with Crippen molar-refractivity contribution in [1.82, 2.24) is 0 Å². The highest BCUT2D eigenvalue weighted by molar-refractivity contribution is 9.12. The summed E-state index contributed by atoms with van der Waals surface area (Å²) in [4.78, 5) is 0. The minimum atomic E-state index is 0.765. The molecule has 1 rings (SSSR count). The van der Waals surface area contributed by atoms with Gasteiger partial charge in [0.1, 0.15) is 0 Å². The summed E-state index contributed by atoms with van der Waals surface area (Å²) in [6.45, 7) is 0. The molecular formula is C7H6BrN. The van der Waals surface area contributed by atoms with Crippen LogP contribution in [0.5, 0.6) is 0 Å². The predicted octanol–water partition coefficient (Wildman–Crippen LogP) is 2.51. The number of hydrogen-bond acceptors (Lipinski definition) is 1. The second kappa shape index (κ2) is 2.84. The molecule has 46 valence electrons. The molecule has 0 N–H and O–H groups in total. The van der Waals surface area contributed by atoms with Crippen LogP contribution in [0, 0.1) is 11.3 Å². The third-order valence-electron chi connectivity index (χ3n) is 1.22. The molecular weight excluding hydrogens is 178 g/mol. The summed E-state index contributed by atoms with van der Waals surface area (Å²) in [7, 11) is 0. The normalized spacial score (nSPS) is 17.8. The lowest BCUT2D eigenvalue weighted by molar-refractivity contribution is 1.02. The number of nitriles is 1. The van der Waals surface area contributed by atoms with E-state index in [1.807, 2.05) is 12.2 Å². The van der Waals surface area contributed by atoms with Crippen molar-refractivity contribution in [2.75, 3.05) is 0 Å². The van der Waals surface area contributed by atoms with E-state index in [9.17, 15) is 0 Å². The summed E-state index contributed by atoms with van der Waals surface area (Å²) in [5.41, 5.74) is 0.765. The SMILES string of the molecule is N#CC1=CCCC=C1Br. The lowest BCUT2D eigenvalue weighted by Crippen LogP contribution is -1.84. The Morgan fingerprint density at radius 2 is 2.11 bits per heavy atom. The van der Waals surface area contributed by atoms with E-state index < -0.39 is 0 Å². The number of hydrogen-bond donors (Lipinski definition) is 0. The summed E-state index contributed by atoms with van der Waals surface area (Å²) in [6.07, 6.45) is 6.02. The van der Waals surface area contributed by atoms with E-state index in [2.05, 4.69) is 22.0 Å². The average molecular weight is 184 g/mol. The van der Waals surface area contributed by atoms with Crippen LogP contribution in [-0.4, -0.2) is 0 Å². The molecule has 0 radical (unpaired) electrons. The Balaban J connectivity index is 2.83. The Bertz CT molecular complexity index is 207. The molecule has 0 aromatic heterocycles. The maximum absolute atomic E-state index is 8.47. The fraction of sp³-hybridized carbons (Fsp3) is 0.286. The lowest BCUT2D eigenvalue weighted by Gasteiger charge is -2.01. The van der Waals surface area contributed by atoms with Gasteiger partial charge in [0, 0.05) is 4.48 Å². The van der Waals surface area contributed by atoms with Crippen molar-refractivity contribution in [3.05, 3.63) is 22.2 Å². The van der Waals surface area contributed by atoms with Crippen molar-refractivity contribution in [1.29, 1.82) is 5.26 Å². The third-order valence-corrected chi connectivity index (χ3v) is 1.97. The van der Waals surface area contributed by atoms with E-state index in [-0.39, 0.29) is 0 Å². The van der Waals surface area contributed by atoms with Gasteiger partial charge in [-0.15, -0.1) is 0 Å².